The highest BCUT2D eigenvalue weighted by Gasteiger charge is 2.10. The molecule has 0 aromatic heterocycles. The van der Waals surface area contributed by atoms with Crippen LogP contribution in [-0.2, 0) is 9.84 Å². The molecule has 106 valence electrons. The van der Waals surface area contributed by atoms with Crippen molar-refractivity contribution in [1.29, 1.82) is 0 Å². The van der Waals surface area contributed by atoms with E-state index in [0.717, 1.165) is 18.0 Å². The summed E-state index contributed by atoms with van der Waals surface area (Å²) in [5.41, 5.74) is 0.471. The zero-order valence-electron chi connectivity index (χ0n) is 11.0. The highest BCUT2D eigenvalue weighted by molar-refractivity contribution is 9.09. The maximum absolute atomic E-state index is 11.8. The van der Waals surface area contributed by atoms with E-state index in [0.29, 0.717) is 18.0 Å². The van der Waals surface area contributed by atoms with Crippen LogP contribution in [0, 0.1) is 5.92 Å². The molecule has 0 bridgehead atoms. The molecule has 6 heteroatoms. The van der Waals surface area contributed by atoms with Gasteiger partial charge in [0.05, 0.1) is 4.90 Å². The summed E-state index contributed by atoms with van der Waals surface area (Å²) in [6.45, 7) is 2.67. The molecular weight excluding hydrogens is 330 g/mol. The molecule has 1 unspecified atom stereocenters. The standard InChI is InChI=1S/C13H18BrNO3S/c1-10(7-8-14)9-15-13(16)11-3-5-12(6-4-11)19(2,17)18/h3-6,10H,7-9H2,1-2H3,(H,15,16). The predicted molar refractivity (Wildman–Crippen MR) is 79.5 cm³/mol. The lowest BCUT2D eigenvalue weighted by molar-refractivity contribution is 0.0948. The van der Waals surface area contributed by atoms with Crippen molar-refractivity contribution < 1.29 is 13.2 Å². The number of benzene rings is 1. The molecule has 1 amide bonds. The van der Waals surface area contributed by atoms with E-state index in [9.17, 15) is 13.2 Å². The van der Waals surface area contributed by atoms with E-state index >= 15 is 0 Å². The van der Waals surface area contributed by atoms with E-state index in [1.54, 1.807) is 0 Å². The first-order valence-corrected chi connectivity index (χ1v) is 9.00. The number of nitrogens with one attached hydrogen (secondary N) is 1. The summed E-state index contributed by atoms with van der Waals surface area (Å²) in [6.07, 6.45) is 2.14. The van der Waals surface area contributed by atoms with Gasteiger partial charge in [0.2, 0.25) is 0 Å². The Balaban J connectivity index is 2.64. The molecule has 0 spiro atoms. The summed E-state index contributed by atoms with van der Waals surface area (Å²) in [5, 5.41) is 3.74. The van der Waals surface area contributed by atoms with Crippen LogP contribution in [0.2, 0.25) is 0 Å². The van der Waals surface area contributed by atoms with E-state index in [2.05, 4.69) is 28.2 Å². The summed E-state index contributed by atoms with van der Waals surface area (Å²) >= 11 is 3.36. The van der Waals surface area contributed by atoms with Crippen molar-refractivity contribution in [3.63, 3.8) is 0 Å². The number of sulfone groups is 1. The fourth-order valence-corrected chi connectivity index (χ4v) is 2.92. The Labute approximate surface area is 122 Å². The van der Waals surface area contributed by atoms with Gasteiger partial charge in [-0.2, -0.15) is 0 Å². The molecule has 0 saturated heterocycles. The second-order valence-corrected chi connectivity index (χ2v) is 7.40. The zero-order chi connectivity index (χ0) is 14.5. The second kappa shape index (κ2) is 7.05. The monoisotopic (exact) mass is 347 g/mol. The molecule has 0 aliphatic rings. The highest BCUT2D eigenvalue weighted by Crippen LogP contribution is 2.10. The van der Waals surface area contributed by atoms with Crippen molar-refractivity contribution in [2.24, 2.45) is 5.92 Å². The Morgan fingerprint density at radius 3 is 2.37 bits per heavy atom. The van der Waals surface area contributed by atoms with Gasteiger partial charge in [-0.3, -0.25) is 4.79 Å². The summed E-state index contributed by atoms with van der Waals surface area (Å²) in [5.74, 6) is 0.222. The third kappa shape index (κ3) is 5.32. The van der Waals surface area contributed by atoms with E-state index in [-0.39, 0.29) is 10.8 Å². The largest absolute Gasteiger partial charge is 0.352 e. The number of halogens is 1. The Bertz CT molecular complexity index is 525. The molecule has 1 rings (SSSR count). The normalized spacial score (nSPS) is 13.0. The lowest BCUT2D eigenvalue weighted by atomic mass is 10.1. The molecule has 0 heterocycles. The van der Waals surface area contributed by atoms with Crippen LogP contribution in [-0.4, -0.2) is 32.5 Å². The van der Waals surface area contributed by atoms with Crippen LogP contribution in [0.5, 0.6) is 0 Å². The molecule has 0 aliphatic carbocycles. The van der Waals surface area contributed by atoms with Gasteiger partial charge in [0, 0.05) is 23.7 Å². The summed E-state index contributed by atoms with van der Waals surface area (Å²) in [4.78, 5) is 12.1. The quantitative estimate of drug-likeness (QED) is 0.802. The smallest absolute Gasteiger partial charge is 0.251 e. The van der Waals surface area contributed by atoms with Crippen molar-refractivity contribution in [3.8, 4) is 0 Å². The van der Waals surface area contributed by atoms with Crippen LogP contribution >= 0.6 is 15.9 Å². The minimum absolute atomic E-state index is 0.179. The van der Waals surface area contributed by atoms with Crippen molar-refractivity contribution in [2.75, 3.05) is 18.1 Å². The maximum atomic E-state index is 11.8. The number of alkyl halides is 1. The molecule has 1 N–H and O–H groups in total. The first kappa shape index (κ1) is 16.2. The molecule has 0 saturated carbocycles. The van der Waals surface area contributed by atoms with Gasteiger partial charge in [0.15, 0.2) is 9.84 Å². The Morgan fingerprint density at radius 2 is 1.89 bits per heavy atom. The molecule has 0 aliphatic heterocycles. The third-order valence-corrected chi connectivity index (χ3v) is 4.34. The summed E-state index contributed by atoms with van der Waals surface area (Å²) < 4.78 is 22.6. The SMILES string of the molecule is CC(CCBr)CNC(=O)c1ccc(S(C)(=O)=O)cc1. The number of amides is 1. The van der Waals surface area contributed by atoms with Gasteiger partial charge in [-0.1, -0.05) is 22.9 Å². The fourth-order valence-electron chi connectivity index (χ4n) is 1.51. The molecule has 4 nitrogen and oxygen atoms in total. The van der Waals surface area contributed by atoms with E-state index in [4.69, 9.17) is 0 Å². The summed E-state index contributed by atoms with van der Waals surface area (Å²) in [7, 11) is -3.22. The minimum atomic E-state index is -3.22. The molecular formula is C13H18BrNO3S. The van der Waals surface area contributed by atoms with Gasteiger partial charge >= 0.3 is 0 Å². The van der Waals surface area contributed by atoms with Gasteiger partial charge < -0.3 is 5.32 Å². The maximum Gasteiger partial charge on any atom is 0.251 e. The van der Waals surface area contributed by atoms with Gasteiger partial charge in [-0.15, -0.1) is 0 Å². The van der Waals surface area contributed by atoms with Crippen LogP contribution in [0.15, 0.2) is 29.2 Å². The Morgan fingerprint density at radius 1 is 1.32 bits per heavy atom. The molecule has 0 radical (unpaired) electrons. The van der Waals surface area contributed by atoms with Crippen LogP contribution in [0.1, 0.15) is 23.7 Å². The Kier molecular flexibility index (Phi) is 6.00. The minimum Gasteiger partial charge on any atom is -0.352 e. The van der Waals surface area contributed by atoms with Crippen LogP contribution in [0.25, 0.3) is 0 Å². The lowest BCUT2D eigenvalue weighted by Gasteiger charge is -2.11. The van der Waals surface area contributed by atoms with Gasteiger partial charge in [0.25, 0.3) is 5.91 Å². The topological polar surface area (TPSA) is 63.2 Å². The van der Waals surface area contributed by atoms with E-state index in [1.807, 2.05) is 0 Å². The average Bonchev–Trinajstić information content (AvgIpc) is 2.35. The average molecular weight is 348 g/mol. The number of rotatable bonds is 6. The molecule has 19 heavy (non-hydrogen) atoms. The lowest BCUT2D eigenvalue weighted by Crippen LogP contribution is -2.28. The molecule has 1 aromatic carbocycles. The van der Waals surface area contributed by atoms with Crippen LogP contribution in [0.3, 0.4) is 0 Å². The van der Waals surface area contributed by atoms with Gasteiger partial charge in [-0.05, 0) is 36.6 Å². The zero-order valence-corrected chi connectivity index (χ0v) is 13.4. The molecule has 1 aromatic rings. The number of carbonyl (C=O) groups excluding carboxylic acids is 1. The predicted octanol–water partition coefficient (Wildman–Crippen LogP) is 2.24. The number of carbonyl (C=O) groups is 1. The van der Waals surface area contributed by atoms with Crippen molar-refractivity contribution in [1.82, 2.24) is 5.32 Å². The van der Waals surface area contributed by atoms with Crippen LogP contribution in [0.4, 0.5) is 0 Å². The highest BCUT2D eigenvalue weighted by atomic mass is 79.9. The van der Waals surface area contributed by atoms with Crippen LogP contribution < -0.4 is 5.32 Å². The number of hydrogen-bond donors (Lipinski definition) is 1. The fraction of sp³-hybridized carbons (Fsp3) is 0.462. The van der Waals surface area contributed by atoms with Crippen molar-refractivity contribution >= 4 is 31.7 Å². The molecule has 1 atom stereocenters. The van der Waals surface area contributed by atoms with Gasteiger partial charge in [0.1, 0.15) is 0 Å². The van der Waals surface area contributed by atoms with E-state index < -0.39 is 9.84 Å². The third-order valence-electron chi connectivity index (χ3n) is 2.76. The first-order valence-electron chi connectivity index (χ1n) is 5.99. The van der Waals surface area contributed by atoms with Gasteiger partial charge in [-0.25, -0.2) is 8.42 Å². The first-order chi connectivity index (χ1) is 8.84. The van der Waals surface area contributed by atoms with E-state index in [1.165, 1.54) is 24.3 Å². The Hall–Kier alpha value is -0.880. The van der Waals surface area contributed by atoms with Crippen molar-refractivity contribution in [2.45, 2.75) is 18.2 Å². The van der Waals surface area contributed by atoms with Crippen molar-refractivity contribution in [3.05, 3.63) is 29.8 Å². The number of hydrogen-bond acceptors (Lipinski definition) is 3. The second-order valence-electron chi connectivity index (χ2n) is 4.59. The summed E-state index contributed by atoms with van der Waals surface area (Å²) in [6, 6.07) is 5.96. The molecule has 0 fully saturated rings.